The number of esters is 2. The zero-order valence-electron chi connectivity index (χ0n) is 27.6. The molecule has 4 rings (SSSR count). The SMILES string of the molecule is COC(=O)CN1C(=O)C(NC(=O)C2(CC(CC(=O)N3CCC(OC(=O)[C@@H](N)C(C)C)CC3)C(=O)O)CCCC2)CCc2ccccc21. The van der Waals surface area contributed by atoms with Gasteiger partial charge in [-0.1, -0.05) is 44.9 Å². The number of aryl methyl sites for hydroxylation is 1. The lowest BCUT2D eigenvalue weighted by molar-refractivity contribution is -0.156. The summed E-state index contributed by atoms with van der Waals surface area (Å²) in [6, 6.07) is 5.61. The molecular weight excluding hydrogens is 608 g/mol. The number of anilines is 1. The van der Waals surface area contributed by atoms with Crippen LogP contribution in [-0.4, -0.2) is 90.6 Å². The number of carbonyl (C=O) groups is 6. The molecule has 3 amide bonds. The van der Waals surface area contributed by atoms with E-state index in [0.717, 1.165) is 18.4 Å². The van der Waals surface area contributed by atoms with Crippen molar-refractivity contribution in [3.8, 4) is 0 Å². The summed E-state index contributed by atoms with van der Waals surface area (Å²) in [6.45, 7) is 4.00. The molecule has 13 heteroatoms. The maximum Gasteiger partial charge on any atom is 0.325 e. The summed E-state index contributed by atoms with van der Waals surface area (Å²) in [5, 5.41) is 13.1. The van der Waals surface area contributed by atoms with Crippen LogP contribution < -0.4 is 16.0 Å². The highest BCUT2D eigenvalue weighted by Gasteiger charge is 2.46. The highest BCUT2D eigenvalue weighted by atomic mass is 16.5. The van der Waals surface area contributed by atoms with Crippen molar-refractivity contribution in [1.82, 2.24) is 10.2 Å². The van der Waals surface area contributed by atoms with Crippen LogP contribution in [0.2, 0.25) is 0 Å². The van der Waals surface area contributed by atoms with Crippen LogP contribution in [0.4, 0.5) is 5.69 Å². The summed E-state index contributed by atoms with van der Waals surface area (Å²) >= 11 is 0. The minimum absolute atomic E-state index is 0.0336. The Morgan fingerprint density at radius 2 is 1.72 bits per heavy atom. The van der Waals surface area contributed by atoms with Crippen molar-refractivity contribution in [3.63, 3.8) is 0 Å². The monoisotopic (exact) mass is 656 g/mol. The van der Waals surface area contributed by atoms with E-state index in [-0.39, 0.29) is 37.3 Å². The number of amides is 3. The molecule has 1 aromatic rings. The molecule has 2 heterocycles. The molecule has 3 atom stereocenters. The van der Waals surface area contributed by atoms with Gasteiger partial charge in [-0.25, -0.2) is 0 Å². The molecule has 4 N–H and O–H groups in total. The van der Waals surface area contributed by atoms with Gasteiger partial charge in [-0.15, -0.1) is 0 Å². The van der Waals surface area contributed by atoms with Crippen molar-refractivity contribution >= 4 is 41.3 Å². The van der Waals surface area contributed by atoms with Crippen molar-refractivity contribution < 1.29 is 43.3 Å². The molecule has 0 radical (unpaired) electrons. The lowest BCUT2D eigenvalue weighted by Gasteiger charge is -2.35. The van der Waals surface area contributed by atoms with Gasteiger partial charge in [0, 0.05) is 38.0 Å². The molecule has 47 heavy (non-hydrogen) atoms. The van der Waals surface area contributed by atoms with Crippen molar-refractivity contribution in [3.05, 3.63) is 29.8 Å². The summed E-state index contributed by atoms with van der Waals surface area (Å²) in [6.07, 6.45) is 3.33. The van der Waals surface area contributed by atoms with Gasteiger partial charge in [0.1, 0.15) is 24.7 Å². The van der Waals surface area contributed by atoms with Crippen molar-refractivity contribution in [2.24, 2.45) is 23.0 Å². The first-order chi connectivity index (χ1) is 22.3. The number of likely N-dealkylation sites (tertiary alicyclic amines) is 1. The number of carboxylic acid groups (broad SMARTS) is 1. The van der Waals surface area contributed by atoms with Crippen LogP contribution in [0.5, 0.6) is 0 Å². The van der Waals surface area contributed by atoms with Crippen LogP contribution in [0.3, 0.4) is 0 Å². The van der Waals surface area contributed by atoms with Crippen LogP contribution in [0.1, 0.15) is 77.2 Å². The number of carboxylic acids is 1. The first-order valence-corrected chi connectivity index (χ1v) is 16.6. The molecule has 0 aromatic heterocycles. The van der Waals surface area contributed by atoms with Gasteiger partial charge < -0.3 is 30.5 Å². The molecule has 0 spiro atoms. The van der Waals surface area contributed by atoms with E-state index >= 15 is 0 Å². The second kappa shape index (κ2) is 15.7. The molecule has 3 aliphatic rings. The number of fused-ring (bicyclic) bond motifs is 1. The normalized spacial score (nSPS) is 21.0. The number of nitrogens with zero attached hydrogens (tertiary/aromatic N) is 2. The molecule has 1 saturated carbocycles. The Hall–Kier alpha value is -4.00. The Labute approximate surface area is 275 Å². The van der Waals surface area contributed by atoms with E-state index in [1.807, 2.05) is 26.0 Å². The lowest BCUT2D eigenvalue weighted by Crippen LogP contribution is -2.53. The van der Waals surface area contributed by atoms with Gasteiger partial charge in [0.2, 0.25) is 17.7 Å². The van der Waals surface area contributed by atoms with Gasteiger partial charge in [0.25, 0.3) is 0 Å². The van der Waals surface area contributed by atoms with Crippen LogP contribution in [-0.2, 0) is 44.7 Å². The average molecular weight is 657 g/mol. The second-order valence-electron chi connectivity index (χ2n) is 13.4. The molecule has 13 nitrogen and oxygen atoms in total. The average Bonchev–Trinajstić information content (AvgIpc) is 3.50. The van der Waals surface area contributed by atoms with Gasteiger partial charge in [-0.05, 0) is 49.7 Å². The number of nitrogens with one attached hydrogen (secondary N) is 1. The zero-order chi connectivity index (χ0) is 34.3. The molecule has 1 aromatic carbocycles. The number of nitrogens with two attached hydrogens (primary N) is 1. The minimum atomic E-state index is -1.16. The Morgan fingerprint density at radius 3 is 2.34 bits per heavy atom. The standard InChI is InChI=1S/C34H48N4O9/c1-21(2)29(35)32(44)47-24-12-16-37(17-13-24)27(39)18-23(31(42)43)19-34(14-6-7-15-34)33(45)36-25-11-10-22-8-4-5-9-26(22)38(30(25)41)20-28(40)46-3/h4-5,8-9,21,23-25,29H,6-7,10-20,35H2,1-3H3,(H,36,45)(H,42,43)/t23?,25?,29-/m0/s1. The third kappa shape index (κ3) is 8.68. The number of methoxy groups -OCH3 is 1. The summed E-state index contributed by atoms with van der Waals surface area (Å²) in [4.78, 5) is 80.9. The van der Waals surface area contributed by atoms with Gasteiger partial charge in [0.05, 0.1) is 18.4 Å². The van der Waals surface area contributed by atoms with Crippen LogP contribution in [0.15, 0.2) is 24.3 Å². The Balaban J connectivity index is 1.41. The molecule has 2 unspecified atom stereocenters. The third-order valence-corrected chi connectivity index (χ3v) is 9.89. The van der Waals surface area contributed by atoms with Gasteiger partial charge in [-0.2, -0.15) is 0 Å². The molecule has 0 bridgehead atoms. The van der Waals surface area contributed by atoms with Gasteiger partial charge >= 0.3 is 17.9 Å². The van der Waals surface area contributed by atoms with E-state index in [0.29, 0.717) is 57.3 Å². The first kappa shape index (κ1) is 35.8. The number of piperidine rings is 1. The number of hydrogen-bond acceptors (Lipinski definition) is 9. The maximum absolute atomic E-state index is 14.0. The Morgan fingerprint density at radius 1 is 1.06 bits per heavy atom. The summed E-state index contributed by atoms with van der Waals surface area (Å²) in [7, 11) is 1.24. The highest BCUT2D eigenvalue weighted by molar-refractivity contribution is 6.03. The number of ether oxygens (including phenoxy) is 2. The molecule has 2 fully saturated rings. The van der Waals surface area contributed by atoms with Crippen molar-refractivity contribution in [2.45, 2.75) is 96.2 Å². The largest absolute Gasteiger partial charge is 0.481 e. The molecule has 1 saturated heterocycles. The molecule has 2 aliphatic heterocycles. The zero-order valence-corrected chi connectivity index (χ0v) is 27.6. The fraction of sp³-hybridized carbons (Fsp3) is 0.647. The van der Waals surface area contributed by atoms with E-state index in [1.165, 1.54) is 12.0 Å². The smallest absolute Gasteiger partial charge is 0.325 e. The predicted octanol–water partition coefficient (Wildman–Crippen LogP) is 2.18. The third-order valence-electron chi connectivity index (χ3n) is 9.89. The summed E-state index contributed by atoms with van der Waals surface area (Å²) in [5.74, 6) is -4.56. The van der Waals surface area contributed by atoms with Crippen molar-refractivity contribution in [2.75, 3.05) is 31.6 Å². The van der Waals surface area contributed by atoms with Crippen LogP contribution in [0, 0.1) is 17.3 Å². The van der Waals surface area contributed by atoms with E-state index in [4.69, 9.17) is 15.2 Å². The number of aliphatic carboxylic acids is 1. The molecular formula is C34H48N4O9. The summed E-state index contributed by atoms with van der Waals surface area (Å²) in [5.41, 5.74) is 6.29. The number of benzene rings is 1. The number of rotatable bonds is 12. The maximum atomic E-state index is 14.0. The fourth-order valence-electron chi connectivity index (χ4n) is 6.89. The number of para-hydroxylation sites is 1. The highest BCUT2D eigenvalue weighted by Crippen LogP contribution is 2.44. The number of carbonyl (C=O) groups excluding carboxylic acids is 5. The Kier molecular flexibility index (Phi) is 12.0. The quantitative estimate of drug-likeness (QED) is 0.282. The fourth-order valence-corrected chi connectivity index (χ4v) is 6.89. The number of hydrogen-bond donors (Lipinski definition) is 3. The van der Waals surface area contributed by atoms with Gasteiger partial charge in [0.15, 0.2) is 0 Å². The van der Waals surface area contributed by atoms with Crippen LogP contribution in [0.25, 0.3) is 0 Å². The van der Waals surface area contributed by atoms with E-state index in [9.17, 15) is 33.9 Å². The van der Waals surface area contributed by atoms with Gasteiger partial charge in [-0.3, -0.25) is 33.7 Å². The minimum Gasteiger partial charge on any atom is -0.481 e. The predicted molar refractivity (Wildman–Crippen MR) is 171 cm³/mol. The van der Waals surface area contributed by atoms with Crippen LogP contribution >= 0.6 is 0 Å². The molecule has 258 valence electrons. The lowest BCUT2D eigenvalue weighted by atomic mass is 9.75. The first-order valence-electron chi connectivity index (χ1n) is 16.6. The van der Waals surface area contributed by atoms with Crippen molar-refractivity contribution in [1.29, 1.82) is 0 Å². The Bertz CT molecular complexity index is 1330. The topological polar surface area (TPSA) is 186 Å². The van der Waals surface area contributed by atoms with E-state index < -0.39 is 53.1 Å². The molecule has 1 aliphatic carbocycles. The van der Waals surface area contributed by atoms with E-state index in [2.05, 4.69) is 5.32 Å². The summed E-state index contributed by atoms with van der Waals surface area (Å²) < 4.78 is 10.3. The van der Waals surface area contributed by atoms with E-state index in [1.54, 1.807) is 17.0 Å². The second-order valence-corrected chi connectivity index (χ2v) is 13.4.